The molecule has 92 valence electrons. The monoisotopic (exact) mass is 223 g/mol. The van der Waals surface area contributed by atoms with Crippen molar-refractivity contribution in [1.82, 2.24) is 15.1 Å². The first-order valence-corrected chi connectivity index (χ1v) is 6.18. The summed E-state index contributed by atoms with van der Waals surface area (Å²) in [6.45, 7) is 6.44. The van der Waals surface area contributed by atoms with Gasteiger partial charge < -0.3 is 10.2 Å². The van der Waals surface area contributed by atoms with Crippen molar-refractivity contribution in [2.75, 3.05) is 40.3 Å². The molecule has 1 heterocycles. The lowest BCUT2D eigenvalue weighted by Crippen LogP contribution is -2.47. The molecule has 16 heavy (non-hydrogen) atoms. The van der Waals surface area contributed by atoms with E-state index in [9.17, 15) is 0 Å². The summed E-state index contributed by atoms with van der Waals surface area (Å²) in [5.74, 6) is 2.72. The lowest BCUT2D eigenvalue weighted by atomic mass is 10.0. The summed E-state index contributed by atoms with van der Waals surface area (Å²) in [5.41, 5.74) is 0. The third-order valence-corrected chi connectivity index (χ3v) is 3.06. The molecule has 0 amide bonds. The van der Waals surface area contributed by atoms with Crippen LogP contribution in [0.15, 0.2) is 0 Å². The van der Waals surface area contributed by atoms with Crippen molar-refractivity contribution in [1.29, 1.82) is 0 Å². The molecule has 0 aromatic rings. The van der Waals surface area contributed by atoms with Gasteiger partial charge in [0.2, 0.25) is 0 Å². The van der Waals surface area contributed by atoms with E-state index >= 15 is 0 Å². The second-order valence-electron chi connectivity index (χ2n) is 5.08. The third-order valence-electron chi connectivity index (χ3n) is 3.06. The van der Waals surface area contributed by atoms with Crippen LogP contribution < -0.4 is 5.32 Å². The number of nitrogens with one attached hydrogen (secondary N) is 1. The first-order chi connectivity index (χ1) is 7.61. The summed E-state index contributed by atoms with van der Waals surface area (Å²) in [7, 11) is 4.24. The molecule has 3 heteroatoms. The lowest BCUT2D eigenvalue weighted by molar-refractivity contribution is 0.204. The van der Waals surface area contributed by atoms with Gasteiger partial charge in [-0.2, -0.15) is 0 Å². The maximum Gasteiger partial charge on any atom is 0.0598 e. The maximum absolute atomic E-state index is 5.32. The molecule has 0 aromatic heterocycles. The van der Waals surface area contributed by atoms with Crippen LogP contribution in [0.3, 0.4) is 0 Å². The van der Waals surface area contributed by atoms with E-state index in [4.69, 9.17) is 6.42 Å². The van der Waals surface area contributed by atoms with Gasteiger partial charge in [-0.05, 0) is 33.9 Å². The van der Waals surface area contributed by atoms with Crippen LogP contribution in [0.5, 0.6) is 0 Å². The Kier molecular flexibility index (Phi) is 5.83. The van der Waals surface area contributed by atoms with E-state index in [-0.39, 0.29) is 0 Å². The number of rotatable bonds is 5. The predicted molar refractivity (Wildman–Crippen MR) is 69.4 cm³/mol. The lowest BCUT2D eigenvalue weighted by Gasteiger charge is -2.33. The van der Waals surface area contributed by atoms with Crippen LogP contribution in [0.25, 0.3) is 0 Å². The molecule has 1 N–H and O–H groups in total. The molecule has 0 saturated carbocycles. The summed E-state index contributed by atoms with van der Waals surface area (Å²) in [4.78, 5) is 4.58. The number of likely N-dealkylation sites (tertiary alicyclic amines) is 1. The zero-order valence-corrected chi connectivity index (χ0v) is 10.9. The van der Waals surface area contributed by atoms with E-state index < -0.39 is 0 Å². The van der Waals surface area contributed by atoms with Crippen molar-refractivity contribution in [2.45, 2.75) is 31.8 Å². The van der Waals surface area contributed by atoms with Gasteiger partial charge in [-0.3, -0.25) is 4.90 Å². The summed E-state index contributed by atoms with van der Waals surface area (Å²) in [6, 6.07) is 1.24. The second-order valence-corrected chi connectivity index (χ2v) is 5.08. The highest BCUT2D eigenvalue weighted by atomic mass is 15.1. The van der Waals surface area contributed by atoms with Gasteiger partial charge in [0.15, 0.2) is 0 Å². The normalized spacial score (nSPS) is 20.9. The molecule has 1 saturated heterocycles. The molecule has 1 unspecified atom stereocenters. The Morgan fingerprint density at radius 3 is 2.56 bits per heavy atom. The Hall–Kier alpha value is -0.560. The topological polar surface area (TPSA) is 18.5 Å². The fourth-order valence-electron chi connectivity index (χ4n) is 2.39. The van der Waals surface area contributed by atoms with Crippen molar-refractivity contribution >= 4 is 0 Å². The van der Waals surface area contributed by atoms with Crippen LogP contribution in [0.2, 0.25) is 0 Å². The Balaban J connectivity index is 2.19. The van der Waals surface area contributed by atoms with Gasteiger partial charge in [0, 0.05) is 31.7 Å². The van der Waals surface area contributed by atoms with Crippen LogP contribution in [0.4, 0.5) is 0 Å². The fraction of sp³-hybridized carbons (Fsp3) is 0.846. The molecule has 0 bridgehead atoms. The molecule has 0 radical (unpaired) electrons. The minimum Gasteiger partial charge on any atom is -0.310 e. The number of hydrogen-bond donors (Lipinski definition) is 1. The predicted octanol–water partition coefficient (Wildman–Crippen LogP) is 0.624. The van der Waals surface area contributed by atoms with E-state index in [1.807, 2.05) is 0 Å². The van der Waals surface area contributed by atoms with Crippen molar-refractivity contribution in [3.63, 3.8) is 0 Å². The van der Waals surface area contributed by atoms with Crippen LogP contribution in [-0.4, -0.2) is 62.2 Å². The number of hydrogen-bond acceptors (Lipinski definition) is 3. The van der Waals surface area contributed by atoms with Gasteiger partial charge in [0.05, 0.1) is 6.54 Å². The molecule has 1 aliphatic rings. The van der Waals surface area contributed by atoms with Crippen molar-refractivity contribution < 1.29 is 0 Å². The summed E-state index contributed by atoms with van der Waals surface area (Å²) < 4.78 is 0. The molecular weight excluding hydrogens is 198 g/mol. The zero-order chi connectivity index (χ0) is 12.0. The number of piperidine rings is 1. The maximum atomic E-state index is 5.32. The first kappa shape index (κ1) is 13.5. The smallest absolute Gasteiger partial charge is 0.0598 e. The van der Waals surface area contributed by atoms with Crippen molar-refractivity contribution in [3.8, 4) is 12.3 Å². The summed E-state index contributed by atoms with van der Waals surface area (Å²) in [6.07, 6.45) is 7.76. The Labute approximate surface area is 100 Å². The molecule has 1 atom stereocenters. The minimum absolute atomic E-state index is 0.569. The van der Waals surface area contributed by atoms with Crippen LogP contribution in [0, 0.1) is 12.3 Å². The molecule has 0 spiro atoms. The highest BCUT2D eigenvalue weighted by molar-refractivity contribution is 4.90. The Morgan fingerprint density at radius 2 is 2.06 bits per heavy atom. The Morgan fingerprint density at radius 1 is 1.44 bits per heavy atom. The van der Waals surface area contributed by atoms with Crippen molar-refractivity contribution in [3.05, 3.63) is 0 Å². The molecule has 1 fully saturated rings. The molecule has 1 rings (SSSR count). The van der Waals surface area contributed by atoms with Crippen LogP contribution in [-0.2, 0) is 0 Å². The average Bonchev–Trinajstić information content (AvgIpc) is 2.20. The van der Waals surface area contributed by atoms with Gasteiger partial charge in [0.25, 0.3) is 0 Å². The van der Waals surface area contributed by atoms with Gasteiger partial charge in [0.1, 0.15) is 0 Å². The van der Waals surface area contributed by atoms with E-state index in [0.29, 0.717) is 12.1 Å². The highest BCUT2D eigenvalue weighted by Gasteiger charge is 2.19. The van der Waals surface area contributed by atoms with Gasteiger partial charge in [-0.25, -0.2) is 0 Å². The number of terminal acetylenes is 1. The fourth-order valence-corrected chi connectivity index (χ4v) is 2.39. The van der Waals surface area contributed by atoms with Gasteiger partial charge in [-0.1, -0.05) is 5.92 Å². The second kappa shape index (κ2) is 6.90. The van der Waals surface area contributed by atoms with Crippen molar-refractivity contribution in [2.24, 2.45) is 0 Å². The number of nitrogens with zero attached hydrogens (tertiary/aromatic N) is 2. The van der Waals surface area contributed by atoms with E-state index in [2.05, 4.69) is 42.1 Å². The standard InChI is InChI=1S/C13H25N3/c1-5-8-16-9-6-13(7-10-16)14-12(2)11-15(3)4/h1,12-14H,6-11H2,2-4H3. The van der Waals surface area contributed by atoms with E-state index in [0.717, 1.165) is 26.2 Å². The third kappa shape index (κ3) is 4.98. The summed E-state index contributed by atoms with van der Waals surface area (Å²) >= 11 is 0. The Bertz CT molecular complexity index is 224. The zero-order valence-electron chi connectivity index (χ0n) is 10.9. The van der Waals surface area contributed by atoms with E-state index in [1.165, 1.54) is 12.8 Å². The quantitative estimate of drug-likeness (QED) is 0.690. The average molecular weight is 223 g/mol. The molecule has 3 nitrogen and oxygen atoms in total. The van der Waals surface area contributed by atoms with Crippen LogP contribution in [0.1, 0.15) is 19.8 Å². The highest BCUT2D eigenvalue weighted by Crippen LogP contribution is 2.10. The minimum atomic E-state index is 0.569. The van der Waals surface area contributed by atoms with Gasteiger partial charge >= 0.3 is 0 Å². The van der Waals surface area contributed by atoms with Crippen LogP contribution >= 0.6 is 0 Å². The largest absolute Gasteiger partial charge is 0.310 e. The molecule has 1 aliphatic heterocycles. The van der Waals surface area contributed by atoms with Gasteiger partial charge in [-0.15, -0.1) is 6.42 Å². The first-order valence-electron chi connectivity index (χ1n) is 6.18. The number of likely N-dealkylation sites (N-methyl/N-ethyl adjacent to an activating group) is 1. The SMILES string of the molecule is C#CCN1CCC(NC(C)CN(C)C)CC1. The van der Waals surface area contributed by atoms with E-state index in [1.54, 1.807) is 0 Å². The summed E-state index contributed by atoms with van der Waals surface area (Å²) in [5, 5.41) is 3.69. The molecule has 0 aliphatic carbocycles. The molecular formula is C13H25N3. The molecule has 0 aromatic carbocycles.